The zero-order chi connectivity index (χ0) is 15.0. The van der Waals surface area contributed by atoms with Crippen LogP contribution < -0.4 is 5.46 Å². The molecule has 0 unspecified atom stereocenters. The molecular formula is C16H25BO3. The predicted molar refractivity (Wildman–Crippen MR) is 82.2 cm³/mol. The van der Waals surface area contributed by atoms with Gasteiger partial charge in [-0.25, -0.2) is 0 Å². The molecule has 0 aliphatic carbocycles. The lowest BCUT2D eigenvalue weighted by Crippen LogP contribution is -2.41. The molecule has 1 heterocycles. The number of hydrogen-bond acceptors (Lipinski definition) is 3. The van der Waals surface area contributed by atoms with E-state index in [1.54, 1.807) is 7.11 Å². The largest absolute Gasteiger partial charge is 0.494 e. The third kappa shape index (κ3) is 2.92. The van der Waals surface area contributed by atoms with Crippen LogP contribution in [0.5, 0.6) is 0 Å². The van der Waals surface area contributed by atoms with Gasteiger partial charge in [0, 0.05) is 7.11 Å². The molecule has 0 atom stereocenters. The Balaban J connectivity index is 2.31. The molecule has 1 fully saturated rings. The normalized spacial score (nSPS) is 20.4. The van der Waals surface area contributed by atoms with E-state index in [9.17, 15) is 0 Å². The highest BCUT2D eigenvalue weighted by molar-refractivity contribution is 6.62. The van der Waals surface area contributed by atoms with Gasteiger partial charge in [-0.1, -0.05) is 25.1 Å². The smallest absolute Gasteiger partial charge is 0.399 e. The van der Waals surface area contributed by atoms with E-state index in [1.165, 1.54) is 5.56 Å². The van der Waals surface area contributed by atoms with Crippen LogP contribution in [0.1, 0.15) is 45.7 Å². The van der Waals surface area contributed by atoms with E-state index in [-0.39, 0.29) is 18.3 Å². The Kier molecular flexibility index (Phi) is 4.28. The first-order chi connectivity index (χ1) is 9.29. The van der Waals surface area contributed by atoms with E-state index in [1.807, 2.05) is 0 Å². The van der Waals surface area contributed by atoms with E-state index in [0.29, 0.717) is 6.61 Å². The second-order valence-electron chi connectivity index (χ2n) is 6.46. The maximum atomic E-state index is 6.12. The van der Waals surface area contributed by atoms with Crippen LogP contribution in [0, 0.1) is 0 Å². The van der Waals surface area contributed by atoms with Gasteiger partial charge in [0.1, 0.15) is 0 Å². The molecular weight excluding hydrogens is 251 g/mol. The molecule has 1 aromatic rings. The van der Waals surface area contributed by atoms with Gasteiger partial charge in [0.05, 0.1) is 17.8 Å². The van der Waals surface area contributed by atoms with E-state index in [0.717, 1.165) is 17.4 Å². The van der Waals surface area contributed by atoms with Crippen LogP contribution >= 0.6 is 0 Å². The van der Waals surface area contributed by atoms with Gasteiger partial charge in [0.25, 0.3) is 0 Å². The van der Waals surface area contributed by atoms with E-state index >= 15 is 0 Å². The topological polar surface area (TPSA) is 27.7 Å². The Morgan fingerprint density at radius 2 is 1.55 bits per heavy atom. The SMILES string of the molecule is CCc1cc(COC)cc(B2OC(C)(C)C(C)(C)O2)c1. The van der Waals surface area contributed by atoms with Crippen LogP contribution in [-0.2, 0) is 27.1 Å². The van der Waals surface area contributed by atoms with Crippen molar-refractivity contribution in [2.75, 3.05) is 7.11 Å². The van der Waals surface area contributed by atoms with Crippen molar-refractivity contribution in [3.63, 3.8) is 0 Å². The molecule has 0 amide bonds. The fourth-order valence-electron chi connectivity index (χ4n) is 2.36. The Bertz CT molecular complexity index is 467. The highest BCUT2D eigenvalue weighted by Crippen LogP contribution is 2.36. The number of rotatable bonds is 4. The van der Waals surface area contributed by atoms with Gasteiger partial charge in [-0.05, 0) is 50.7 Å². The van der Waals surface area contributed by atoms with E-state index < -0.39 is 0 Å². The third-order valence-corrected chi connectivity index (χ3v) is 4.32. The summed E-state index contributed by atoms with van der Waals surface area (Å²) < 4.78 is 17.5. The Labute approximate surface area is 122 Å². The maximum absolute atomic E-state index is 6.12. The Morgan fingerprint density at radius 1 is 1.00 bits per heavy atom. The van der Waals surface area contributed by atoms with Crippen molar-refractivity contribution in [3.8, 4) is 0 Å². The molecule has 0 saturated carbocycles. The van der Waals surface area contributed by atoms with Gasteiger partial charge in [0.2, 0.25) is 0 Å². The molecule has 20 heavy (non-hydrogen) atoms. The number of aryl methyl sites for hydroxylation is 1. The summed E-state index contributed by atoms with van der Waals surface area (Å²) in [6.45, 7) is 11.1. The average molecular weight is 276 g/mol. The van der Waals surface area contributed by atoms with Crippen molar-refractivity contribution < 1.29 is 14.0 Å². The van der Waals surface area contributed by atoms with Crippen LogP contribution in [0.4, 0.5) is 0 Å². The minimum atomic E-state index is -0.304. The fraction of sp³-hybridized carbons (Fsp3) is 0.625. The number of hydrogen-bond donors (Lipinski definition) is 0. The zero-order valence-corrected chi connectivity index (χ0v) is 13.4. The maximum Gasteiger partial charge on any atom is 0.494 e. The summed E-state index contributed by atoms with van der Waals surface area (Å²) in [6.07, 6.45) is 0.990. The summed E-state index contributed by atoms with van der Waals surface area (Å²) in [5, 5.41) is 0. The van der Waals surface area contributed by atoms with Crippen molar-refractivity contribution >= 4 is 12.6 Å². The first-order valence-electron chi connectivity index (χ1n) is 7.26. The molecule has 0 spiro atoms. The second-order valence-corrected chi connectivity index (χ2v) is 6.46. The Hall–Kier alpha value is -0.835. The summed E-state index contributed by atoms with van der Waals surface area (Å²) in [5.41, 5.74) is 2.92. The molecule has 2 rings (SSSR count). The van der Waals surface area contributed by atoms with Crippen molar-refractivity contribution in [1.29, 1.82) is 0 Å². The minimum Gasteiger partial charge on any atom is -0.399 e. The van der Waals surface area contributed by atoms with E-state index in [4.69, 9.17) is 14.0 Å². The van der Waals surface area contributed by atoms with Crippen LogP contribution in [0.25, 0.3) is 0 Å². The molecule has 1 aliphatic rings. The van der Waals surface area contributed by atoms with Gasteiger partial charge in [0.15, 0.2) is 0 Å². The third-order valence-electron chi connectivity index (χ3n) is 4.32. The predicted octanol–water partition coefficient (Wildman–Crippen LogP) is 2.69. The quantitative estimate of drug-likeness (QED) is 0.791. The van der Waals surface area contributed by atoms with Crippen molar-refractivity contribution in [2.45, 2.75) is 58.8 Å². The zero-order valence-electron chi connectivity index (χ0n) is 13.4. The highest BCUT2D eigenvalue weighted by Gasteiger charge is 2.51. The van der Waals surface area contributed by atoms with Crippen molar-refractivity contribution in [2.24, 2.45) is 0 Å². The van der Waals surface area contributed by atoms with Gasteiger partial charge in [-0.2, -0.15) is 0 Å². The van der Waals surface area contributed by atoms with Gasteiger partial charge >= 0.3 is 7.12 Å². The summed E-state index contributed by atoms with van der Waals surface area (Å²) in [6, 6.07) is 6.46. The summed E-state index contributed by atoms with van der Waals surface area (Å²) in [5.74, 6) is 0. The van der Waals surface area contributed by atoms with Crippen LogP contribution in [-0.4, -0.2) is 25.4 Å². The molecule has 0 bridgehead atoms. The molecule has 0 radical (unpaired) electrons. The lowest BCUT2D eigenvalue weighted by atomic mass is 9.77. The summed E-state index contributed by atoms with van der Waals surface area (Å²) >= 11 is 0. The number of benzene rings is 1. The van der Waals surface area contributed by atoms with Crippen molar-refractivity contribution in [1.82, 2.24) is 0 Å². The molecule has 1 aromatic carbocycles. The Morgan fingerprint density at radius 3 is 2.05 bits per heavy atom. The van der Waals surface area contributed by atoms with Crippen LogP contribution in [0.3, 0.4) is 0 Å². The second kappa shape index (κ2) is 5.51. The fourth-order valence-corrected chi connectivity index (χ4v) is 2.36. The minimum absolute atomic E-state index is 0.304. The first-order valence-corrected chi connectivity index (χ1v) is 7.26. The number of ether oxygens (including phenoxy) is 1. The van der Waals surface area contributed by atoms with Gasteiger partial charge in [-0.3, -0.25) is 0 Å². The first kappa shape index (κ1) is 15.6. The van der Waals surface area contributed by atoms with Crippen LogP contribution in [0.15, 0.2) is 18.2 Å². The number of methoxy groups -OCH3 is 1. The highest BCUT2D eigenvalue weighted by atomic mass is 16.7. The molecule has 4 heteroatoms. The molecule has 0 N–H and O–H groups in total. The van der Waals surface area contributed by atoms with Gasteiger partial charge < -0.3 is 14.0 Å². The molecule has 1 aliphatic heterocycles. The van der Waals surface area contributed by atoms with Crippen molar-refractivity contribution in [3.05, 3.63) is 29.3 Å². The molecule has 3 nitrogen and oxygen atoms in total. The monoisotopic (exact) mass is 276 g/mol. The lowest BCUT2D eigenvalue weighted by molar-refractivity contribution is 0.00578. The standard InChI is InChI=1S/C16H25BO3/c1-7-12-8-13(11-18-6)10-14(9-12)17-19-15(2,3)16(4,5)20-17/h8-10H,7,11H2,1-6H3. The molecule has 110 valence electrons. The molecule has 0 aromatic heterocycles. The lowest BCUT2D eigenvalue weighted by Gasteiger charge is -2.32. The average Bonchev–Trinajstić information content (AvgIpc) is 2.58. The molecule has 1 saturated heterocycles. The van der Waals surface area contributed by atoms with E-state index in [2.05, 4.69) is 52.8 Å². The summed E-state index contributed by atoms with van der Waals surface area (Å²) in [7, 11) is 1.41. The van der Waals surface area contributed by atoms with Crippen LogP contribution in [0.2, 0.25) is 0 Å². The van der Waals surface area contributed by atoms with Gasteiger partial charge in [-0.15, -0.1) is 0 Å². The summed E-state index contributed by atoms with van der Waals surface area (Å²) in [4.78, 5) is 0.